The number of ether oxygens (including phenoxy) is 1. The second-order valence-corrected chi connectivity index (χ2v) is 9.48. The van der Waals surface area contributed by atoms with Crippen LogP contribution in [0.5, 0.6) is 0 Å². The van der Waals surface area contributed by atoms with Crippen molar-refractivity contribution < 1.29 is 15.0 Å². The molecule has 0 aliphatic carbocycles. The molecule has 3 rings (SSSR count). The summed E-state index contributed by atoms with van der Waals surface area (Å²) >= 11 is 0. The van der Waals surface area contributed by atoms with Crippen LogP contribution < -0.4 is 15.9 Å². The lowest BCUT2D eigenvalue weighted by atomic mass is 10.3. The molecule has 0 atom stereocenters. The quantitative estimate of drug-likeness (QED) is 0.496. The maximum atomic E-state index is 11.9. The monoisotopic (exact) mass is 366 g/mol. The highest BCUT2D eigenvalue weighted by Crippen LogP contribution is 2.55. The van der Waals surface area contributed by atoms with Gasteiger partial charge in [0, 0.05) is 0 Å². The molecule has 26 heavy (non-hydrogen) atoms. The summed E-state index contributed by atoms with van der Waals surface area (Å²) in [5.41, 5.74) is 0. The molecule has 3 aromatic rings. The Bertz CT molecular complexity index is 708. The molecule has 4 heteroatoms. The Labute approximate surface area is 155 Å². The molecular formula is C22H23O3P. The van der Waals surface area contributed by atoms with Gasteiger partial charge in [-0.3, -0.25) is 4.79 Å². The fourth-order valence-electron chi connectivity index (χ4n) is 3.24. The molecule has 0 aromatic heterocycles. The van der Waals surface area contributed by atoms with Gasteiger partial charge in [-0.1, -0.05) is 54.6 Å². The minimum absolute atomic E-state index is 0. The van der Waals surface area contributed by atoms with E-state index < -0.39 is 7.26 Å². The van der Waals surface area contributed by atoms with E-state index in [1.165, 1.54) is 23.0 Å². The van der Waals surface area contributed by atoms with Crippen molar-refractivity contribution in [2.75, 3.05) is 13.3 Å². The second kappa shape index (κ2) is 9.28. The SMILES string of the molecule is COC(=O)CC[P+](c1ccccc1)(c1ccccc1)c1ccccc1.[OH-]. The molecule has 0 saturated heterocycles. The summed E-state index contributed by atoms with van der Waals surface area (Å²) in [5, 5.41) is 3.86. The normalized spacial score (nSPS) is 10.7. The Morgan fingerprint density at radius 1 is 0.731 bits per heavy atom. The van der Waals surface area contributed by atoms with E-state index >= 15 is 0 Å². The molecule has 0 amide bonds. The van der Waals surface area contributed by atoms with Gasteiger partial charge in [0.2, 0.25) is 0 Å². The molecule has 0 bridgehead atoms. The number of methoxy groups -OCH3 is 1. The van der Waals surface area contributed by atoms with Gasteiger partial charge in [-0.15, -0.1) is 0 Å². The Balaban J connectivity index is 0.00000243. The molecular weight excluding hydrogens is 343 g/mol. The highest BCUT2D eigenvalue weighted by molar-refractivity contribution is 7.95. The van der Waals surface area contributed by atoms with E-state index in [0.717, 1.165) is 6.16 Å². The van der Waals surface area contributed by atoms with Crippen molar-refractivity contribution in [1.82, 2.24) is 0 Å². The number of benzene rings is 3. The third-order valence-corrected chi connectivity index (χ3v) is 8.90. The lowest BCUT2D eigenvalue weighted by molar-refractivity contribution is -0.140. The summed E-state index contributed by atoms with van der Waals surface area (Å²) in [7, 11) is -0.467. The average molecular weight is 366 g/mol. The minimum atomic E-state index is -1.92. The molecule has 3 nitrogen and oxygen atoms in total. The number of hydrogen-bond acceptors (Lipinski definition) is 3. The fourth-order valence-corrected chi connectivity index (χ4v) is 7.47. The van der Waals surface area contributed by atoms with Gasteiger partial charge in [-0.05, 0) is 36.4 Å². The summed E-state index contributed by atoms with van der Waals surface area (Å²) in [5.74, 6) is -0.160. The van der Waals surface area contributed by atoms with Crippen molar-refractivity contribution >= 4 is 29.1 Å². The first-order chi connectivity index (χ1) is 12.3. The summed E-state index contributed by atoms with van der Waals surface area (Å²) in [6.07, 6.45) is 1.17. The third kappa shape index (κ3) is 4.01. The zero-order chi connectivity index (χ0) is 17.5. The van der Waals surface area contributed by atoms with Crippen LogP contribution in [-0.4, -0.2) is 24.7 Å². The maximum absolute atomic E-state index is 11.9. The molecule has 134 valence electrons. The number of rotatable bonds is 6. The first-order valence-electron chi connectivity index (χ1n) is 8.39. The van der Waals surface area contributed by atoms with Gasteiger partial charge in [0.25, 0.3) is 0 Å². The van der Waals surface area contributed by atoms with Crippen LogP contribution in [0.15, 0.2) is 91.0 Å². The van der Waals surface area contributed by atoms with Crippen molar-refractivity contribution in [2.24, 2.45) is 0 Å². The lowest BCUT2D eigenvalue weighted by Gasteiger charge is -2.27. The molecule has 0 saturated carbocycles. The Kier molecular flexibility index (Phi) is 7.08. The van der Waals surface area contributed by atoms with E-state index in [-0.39, 0.29) is 11.4 Å². The van der Waals surface area contributed by atoms with Crippen LogP contribution in [0, 0.1) is 0 Å². The van der Waals surface area contributed by atoms with E-state index in [1.54, 1.807) is 0 Å². The van der Waals surface area contributed by atoms with Gasteiger partial charge in [0.15, 0.2) is 0 Å². The zero-order valence-corrected chi connectivity index (χ0v) is 15.7. The van der Waals surface area contributed by atoms with Crippen LogP contribution in [0.1, 0.15) is 6.42 Å². The molecule has 0 aliphatic heterocycles. The van der Waals surface area contributed by atoms with Gasteiger partial charge in [-0.2, -0.15) is 0 Å². The Morgan fingerprint density at radius 3 is 1.38 bits per heavy atom. The second-order valence-electron chi connectivity index (χ2n) is 5.87. The number of carbonyl (C=O) groups excluding carboxylic acids is 1. The van der Waals surface area contributed by atoms with Gasteiger partial charge < -0.3 is 10.2 Å². The predicted molar refractivity (Wildman–Crippen MR) is 109 cm³/mol. The molecule has 0 heterocycles. The van der Waals surface area contributed by atoms with Crippen LogP contribution in [0.4, 0.5) is 0 Å². The van der Waals surface area contributed by atoms with Crippen LogP contribution in [-0.2, 0) is 9.53 Å². The molecule has 3 aromatic carbocycles. The first kappa shape index (κ1) is 19.8. The molecule has 0 aliphatic rings. The first-order valence-corrected chi connectivity index (χ1v) is 10.4. The molecule has 0 fully saturated rings. The highest BCUT2D eigenvalue weighted by Gasteiger charge is 2.45. The maximum Gasteiger partial charge on any atom is 0.309 e. The summed E-state index contributed by atoms with van der Waals surface area (Å²) in [4.78, 5) is 11.9. The fraction of sp³-hybridized carbons (Fsp3) is 0.136. The van der Waals surface area contributed by atoms with Crippen LogP contribution in [0.2, 0.25) is 0 Å². The summed E-state index contributed by atoms with van der Waals surface area (Å²) in [6, 6.07) is 31.7. The zero-order valence-electron chi connectivity index (χ0n) is 14.8. The number of hydrogen-bond donors (Lipinski definition) is 0. The van der Waals surface area contributed by atoms with E-state index in [1.807, 2.05) is 18.2 Å². The Hall–Kier alpha value is -2.48. The van der Waals surface area contributed by atoms with Crippen molar-refractivity contribution in [1.29, 1.82) is 0 Å². The topological polar surface area (TPSA) is 56.3 Å². The van der Waals surface area contributed by atoms with E-state index in [0.29, 0.717) is 6.42 Å². The van der Waals surface area contributed by atoms with E-state index in [2.05, 4.69) is 72.8 Å². The van der Waals surface area contributed by atoms with E-state index in [4.69, 9.17) is 4.74 Å². The summed E-state index contributed by atoms with van der Waals surface area (Å²) < 4.78 is 4.93. The molecule has 1 N–H and O–H groups in total. The minimum Gasteiger partial charge on any atom is -0.870 e. The van der Waals surface area contributed by atoms with Crippen LogP contribution >= 0.6 is 7.26 Å². The molecule has 0 spiro atoms. The average Bonchev–Trinajstić information content (AvgIpc) is 2.71. The van der Waals surface area contributed by atoms with Crippen molar-refractivity contribution in [3.05, 3.63) is 91.0 Å². The number of esters is 1. The highest BCUT2D eigenvalue weighted by atomic mass is 31.2. The number of carbonyl (C=O) groups is 1. The third-order valence-electron chi connectivity index (χ3n) is 4.47. The van der Waals surface area contributed by atoms with Crippen LogP contribution in [0.3, 0.4) is 0 Å². The van der Waals surface area contributed by atoms with Gasteiger partial charge in [0.05, 0.1) is 19.7 Å². The van der Waals surface area contributed by atoms with Gasteiger partial charge in [0.1, 0.15) is 23.2 Å². The van der Waals surface area contributed by atoms with Crippen molar-refractivity contribution in [3.63, 3.8) is 0 Å². The Morgan fingerprint density at radius 2 is 1.08 bits per heavy atom. The smallest absolute Gasteiger partial charge is 0.309 e. The molecule has 0 unspecified atom stereocenters. The van der Waals surface area contributed by atoms with Crippen molar-refractivity contribution in [3.8, 4) is 0 Å². The van der Waals surface area contributed by atoms with E-state index in [9.17, 15) is 4.79 Å². The largest absolute Gasteiger partial charge is 0.870 e. The van der Waals surface area contributed by atoms with Gasteiger partial charge >= 0.3 is 5.97 Å². The lowest BCUT2D eigenvalue weighted by Crippen LogP contribution is -2.34. The standard InChI is InChI=1S/C22H22O2P.H2O/c1-24-22(23)17-18-25(19-11-5-2-6-12-19,20-13-7-3-8-14-20)21-15-9-4-10-16-21;/h2-16H,17-18H2,1H3;1H2/q+1;/p-1. The predicted octanol–water partition coefficient (Wildman–Crippen LogP) is 3.37. The summed E-state index contributed by atoms with van der Waals surface area (Å²) in [6.45, 7) is 0. The van der Waals surface area contributed by atoms with Gasteiger partial charge in [-0.25, -0.2) is 0 Å². The van der Waals surface area contributed by atoms with Crippen LogP contribution in [0.25, 0.3) is 0 Å². The molecule has 0 radical (unpaired) electrons. The van der Waals surface area contributed by atoms with Crippen molar-refractivity contribution in [2.45, 2.75) is 6.42 Å².